The molecule has 3 nitrogen and oxygen atoms in total. The standard InChI is InChI=1S/C23H30Cl2N2OS/c1-4-14(5-2)22(28)27-23-18(6-3)19-10-9-17(12-21(19)29-23)26-13-15-7-8-16(24)11-20(15)25/h7-8,11,14,17,26H,4-6,9-10,12-13H2,1-3H3,(H,27,28). The molecular formula is C23H30Cl2N2OS. The third-order valence-electron chi connectivity index (χ3n) is 5.92. The highest BCUT2D eigenvalue weighted by atomic mass is 35.5. The predicted molar refractivity (Wildman–Crippen MR) is 126 cm³/mol. The highest BCUT2D eigenvalue weighted by Gasteiger charge is 2.26. The van der Waals surface area contributed by atoms with Crippen molar-refractivity contribution in [3.63, 3.8) is 0 Å². The van der Waals surface area contributed by atoms with Crippen LogP contribution in [0, 0.1) is 5.92 Å². The monoisotopic (exact) mass is 452 g/mol. The molecule has 1 amide bonds. The first kappa shape index (κ1) is 22.6. The molecule has 1 atom stereocenters. The lowest BCUT2D eigenvalue weighted by atomic mass is 9.91. The Bertz CT molecular complexity index is 861. The molecule has 1 aromatic heterocycles. The summed E-state index contributed by atoms with van der Waals surface area (Å²) in [6.07, 6.45) is 5.88. The van der Waals surface area contributed by atoms with Gasteiger partial charge in [-0.05, 0) is 67.3 Å². The van der Waals surface area contributed by atoms with Crippen molar-refractivity contribution in [3.8, 4) is 0 Å². The number of thiophene rings is 1. The molecule has 0 spiro atoms. The van der Waals surface area contributed by atoms with Crippen LogP contribution in [0.1, 0.15) is 61.6 Å². The number of carbonyl (C=O) groups excluding carboxylic acids is 1. The van der Waals surface area contributed by atoms with Crippen molar-refractivity contribution in [1.29, 1.82) is 0 Å². The van der Waals surface area contributed by atoms with Gasteiger partial charge in [0.1, 0.15) is 0 Å². The largest absolute Gasteiger partial charge is 0.317 e. The van der Waals surface area contributed by atoms with Gasteiger partial charge in [-0.1, -0.05) is 50.0 Å². The van der Waals surface area contributed by atoms with E-state index in [1.165, 1.54) is 16.0 Å². The summed E-state index contributed by atoms with van der Waals surface area (Å²) in [7, 11) is 0. The van der Waals surface area contributed by atoms with E-state index < -0.39 is 0 Å². The summed E-state index contributed by atoms with van der Waals surface area (Å²) < 4.78 is 0. The topological polar surface area (TPSA) is 41.1 Å². The highest BCUT2D eigenvalue weighted by molar-refractivity contribution is 7.16. The minimum Gasteiger partial charge on any atom is -0.317 e. The number of fused-ring (bicyclic) bond motifs is 1. The molecule has 3 rings (SSSR count). The Kier molecular flexibility index (Phi) is 8.03. The van der Waals surface area contributed by atoms with Crippen molar-refractivity contribution in [1.82, 2.24) is 5.32 Å². The first-order chi connectivity index (χ1) is 14.0. The quantitative estimate of drug-likeness (QED) is 0.471. The first-order valence-corrected chi connectivity index (χ1v) is 12.2. The van der Waals surface area contributed by atoms with Crippen molar-refractivity contribution in [2.45, 2.75) is 71.9 Å². The molecule has 2 N–H and O–H groups in total. The van der Waals surface area contributed by atoms with Crippen LogP contribution in [-0.2, 0) is 30.6 Å². The second-order valence-electron chi connectivity index (χ2n) is 7.72. The second kappa shape index (κ2) is 10.3. The van der Waals surface area contributed by atoms with Gasteiger partial charge in [0.2, 0.25) is 5.91 Å². The molecule has 1 aliphatic rings. The maximum atomic E-state index is 12.6. The van der Waals surface area contributed by atoms with Crippen LogP contribution < -0.4 is 10.6 Å². The minimum atomic E-state index is 0.0948. The molecule has 1 heterocycles. The van der Waals surface area contributed by atoms with Gasteiger partial charge in [-0.3, -0.25) is 4.79 Å². The SMILES string of the molecule is CCc1c(NC(=O)C(CC)CC)sc2c1CCC(NCc1ccc(Cl)cc1Cl)C2. The molecule has 158 valence electrons. The normalized spacial score (nSPS) is 16.1. The molecule has 1 aliphatic carbocycles. The van der Waals surface area contributed by atoms with Crippen LogP contribution in [0.15, 0.2) is 18.2 Å². The zero-order chi connectivity index (χ0) is 21.0. The number of benzene rings is 1. The molecule has 6 heteroatoms. The Balaban J connectivity index is 1.68. The van der Waals surface area contributed by atoms with Gasteiger partial charge in [0.05, 0.1) is 5.00 Å². The third kappa shape index (κ3) is 5.35. The molecule has 0 aliphatic heterocycles. The summed E-state index contributed by atoms with van der Waals surface area (Å²) in [5.74, 6) is 0.257. The van der Waals surface area contributed by atoms with E-state index in [1.807, 2.05) is 12.1 Å². The lowest BCUT2D eigenvalue weighted by Crippen LogP contribution is -2.33. The molecule has 0 saturated carbocycles. The van der Waals surface area contributed by atoms with Crippen LogP contribution >= 0.6 is 34.5 Å². The number of nitrogens with one attached hydrogen (secondary N) is 2. The molecule has 2 aromatic rings. The van der Waals surface area contributed by atoms with Gasteiger partial charge >= 0.3 is 0 Å². The van der Waals surface area contributed by atoms with Crippen LogP contribution in [0.3, 0.4) is 0 Å². The molecule has 1 aromatic carbocycles. The maximum Gasteiger partial charge on any atom is 0.228 e. The lowest BCUT2D eigenvalue weighted by molar-refractivity contribution is -0.120. The average Bonchev–Trinajstić information content (AvgIpc) is 3.04. The first-order valence-electron chi connectivity index (χ1n) is 10.6. The van der Waals surface area contributed by atoms with E-state index >= 15 is 0 Å². The van der Waals surface area contributed by atoms with Crippen molar-refractivity contribution in [2.24, 2.45) is 5.92 Å². The number of anilines is 1. The van der Waals surface area contributed by atoms with Crippen molar-refractivity contribution < 1.29 is 4.79 Å². The van der Waals surface area contributed by atoms with Gasteiger partial charge in [0.25, 0.3) is 0 Å². The summed E-state index contributed by atoms with van der Waals surface area (Å²) in [6.45, 7) is 7.08. The fraction of sp³-hybridized carbons (Fsp3) is 0.522. The van der Waals surface area contributed by atoms with E-state index in [0.717, 1.165) is 55.6 Å². The molecule has 0 radical (unpaired) electrons. The number of halogens is 2. The second-order valence-corrected chi connectivity index (χ2v) is 9.67. The van der Waals surface area contributed by atoms with Crippen LogP contribution in [0.2, 0.25) is 10.0 Å². The summed E-state index contributed by atoms with van der Waals surface area (Å²) in [6, 6.07) is 6.07. The molecule has 29 heavy (non-hydrogen) atoms. The molecule has 0 fully saturated rings. The van der Waals surface area contributed by atoms with Crippen molar-refractivity contribution in [3.05, 3.63) is 49.8 Å². The summed E-state index contributed by atoms with van der Waals surface area (Å²) in [5, 5.41) is 9.32. The van der Waals surface area contributed by atoms with Gasteiger partial charge in [-0.15, -0.1) is 11.3 Å². The predicted octanol–water partition coefficient (Wildman–Crippen LogP) is 6.64. The Labute approximate surface area is 188 Å². The van der Waals surface area contributed by atoms with E-state index in [2.05, 4.69) is 31.4 Å². The zero-order valence-electron chi connectivity index (χ0n) is 17.4. The van der Waals surface area contributed by atoms with Gasteiger partial charge < -0.3 is 10.6 Å². The smallest absolute Gasteiger partial charge is 0.228 e. The Morgan fingerprint density at radius 2 is 2.00 bits per heavy atom. The van der Waals surface area contributed by atoms with Crippen LogP contribution in [-0.4, -0.2) is 11.9 Å². The Morgan fingerprint density at radius 3 is 2.66 bits per heavy atom. The molecule has 0 bridgehead atoms. The Morgan fingerprint density at radius 1 is 1.24 bits per heavy atom. The number of amides is 1. The fourth-order valence-electron chi connectivity index (χ4n) is 4.09. The van der Waals surface area contributed by atoms with E-state index in [9.17, 15) is 4.79 Å². The number of carbonyl (C=O) groups is 1. The van der Waals surface area contributed by atoms with Crippen molar-refractivity contribution >= 4 is 45.4 Å². The van der Waals surface area contributed by atoms with E-state index in [4.69, 9.17) is 23.2 Å². The van der Waals surface area contributed by atoms with E-state index in [0.29, 0.717) is 16.1 Å². The van der Waals surface area contributed by atoms with Crippen LogP contribution in [0.4, 0.5) is 5.00 Å². The van der Waals surface area contributed by atoms with Gasteiger partial charge in [-0.2, -0.15) is 0 Å². The summed E-state index contributed by atoms with van der Waals surface area (Å²) in [5.41, 5.74) is 3.86. The van der Waals surface area contributed by atoms with Gasteiger partial charge in [0.15, 0.2) is 0 Å². The Hall–Kier alpha value is -1.07. The third-order valence-corrected chi connectivity index (χ3v) is 7.72. The lowest BCUT2D eigenvalue weighted by Gasteiger charge is -2.24. The molecule has 1 unspecified atom stereocenters. The summed E-state index contributed by atoms with van der Waals surface area (Å²) >= 11 is 14.1. The number of hydrogen-bond donors (Lipinski definition) is 2. The molecule has 0 saturated heterocycles. The van der Waals surface area contributed by atoms with Gasteiger partial charge in [0, 0.05) is 33.4 Å². The minimum absolute atomic E-state index is 0.0948. The van der Waals surface area contributed by atoms with Crippen LogP contribution in [0.25, 0.3) is 0 Å². The average molecular weight is 453 g/mol. The molecular weight excluding hydrogens is 423 g/mol. The fourth-order valence-corrected chi connectivity index (χ4v) is 5.99. The summed E-state index contributed by atoms with van der Waals surface area (Å²) in [4.78, 5) is 14.0. The van der Waals surface area contributed by atoms with Crippen LogP contribution in [0.5, 0.6) is 0 Å². The number of hydrogen-bond acceptors (Lipinski definition) is 3. The number of rotatable bonds is 8. The maximum absolute atomic E-state index is 12.6. The highest BCUT2D eigenvalue weighted by Crippen LogP contribution is 2.39. The van der Waals surface area contributed by atoms with Gasteiger partial charge in [-0.25, -0.2) is 0 Å². The van der Waals surface area contributed by atoms with Crippen molar-refractivity contribution in [2.75, 3.05) is 5.32 Å². The zero-order valence-corrected chi connectivity index (χ0v) is 19.7. The van der Waals surface area contributed by atoms with E-state index in [-0.39, 0.29) is 11.8 Å². The van der Waals surface area contributed by atoms with E-state index in [1.54, 1.807) is 17.4 Å².